The number of nitrogen functional groups attached to an aromatic ring is 1. The number of aromatic nitrogens is 2. The molecule has 0 fully saturated rings. The van der Waals surface area contributed by atoms with Crippen molar-refractivity contribution in [1.82, 2.24) is 9.97 Å². The zero-order valence-electron chi connectivity index (χ0n) is 15.8. The van der Waals surface area contributed by atoms with Crippen molar-refractivity contribution in [1.29, 1.82) is 0 Å². The van der Waals surface area contributed by atoms with Gasteiger partial charge in [-0.05, 0) is 54.5 Å². The van der Waals surface area contributed by atoms with Crippen LogP contribution in [0.2, 0.25) is 0 Å². The first kappa shape index (κ1) is 17.8. The van der Waals surface area contributed by atoms with Crippen LogP contribution in [0.3, 0.4) is 0 Å². The Morgan fingerprint density at radius 3 is 2.76 bits per heavy atom. The van der Waals surface area contributed by atoms with E-state index in [9.17, 15) is 4.79 Å². The third kappa shape index (κ3) is 3.36. The second-order valence-corrected chi connectivity index (χ2v) is 8.31. The van der Waals surface area contributed by atoms with Crippen molar-refractivity contribution in [3.8, 4) is 0 Å². The number of thiophene rings is 1. The third-order valence-electron chi connectivity index (χ3n) is 5.47. The lowest BCUT2D eigenvalue weighted by Gasteiger charge is -2.24. The van der Waals surface area contributed by atoms with Gasteiger partial charge >= 0.3 is 0 Å². The number of carbonyl (C=O) groups excluding carboxylic acids is 1. The number of anilines is 2. The van der Waals surface area contributed by atoms with Gasteiger partial charge in [-0.2, -0.15) is 0 Å². The minimum atomic E-state index is -0.246. The minimum Gasteiger partial charge on any atom is -0.397 e. The molecule has 4 aromatic rings. The molecule has 0 aliphatic heterocycles. The third-order valence-corrected chi connectivity index (χ3v) is 6.58. The van der Waals surface area contributed by atoms with Crippen molar-refractivity contribution in [2.45, 2.75) is 25.2 Å². The highest BCUT2D eigenvalue weighted by Crippen LogP contribution is 2.38. The summed E-state index contributed by atoms with van der Waals surface area (Å²) in [7, 11) is 0. The quantitative estimate of drug-likeness (QED) is 0.518. The number of pyridine rings is 2. The molecular formula is C23H20N4OS. The number of hydrogen-bond donors (Lipinski definition) is 2. The largest absolute Gasteiger partial charge is 0.397 e. The summed E-state index contributed by atoms with van der Waals surface area (Å²) in [6.07, 6.45) is 4.62. The molecule has 29 heavy (non-hydrogen) atoms. The number of aryl methyl sites for hydroxylation is 1. The van der Waals surface area contributed by atoms with Crippen LogP contribution in [-0.4, -0.2) is 15.9 Å². The van der Waals surface area contributed by atoms with Crippen molar-refractivity contribution in [3.63, 3.8) is 0 Å². The molecule has 5 nitrogen and oxygen atoms in total. The van der Waals surface area contributed by atoms with Gasteiger partial charge in [0.05, 0.1) is 5.69 Å². The first-order chi connectivity index (χ1) is 14.2. The number of hydrogen-bond acceptors (Lipinski definition) is 5. The van der Waals surface area contributed by atoms with Gasteiger partial charge in [0.15, 0.2) is 0 Å². The van der Waals surface area contributed by atoms with Crippen LogP contribution in [0.4, 0.5) is 11.5 Å². The van der Waals surface area contributed by atoms with E-state index in [0.29, 0.717) is 22.3 Å². The fraction of sp³-hybridized carbons (Fsp3) is 0.174. The molecule has 0 spiro atoms. The topological polar surface area (TPSA) is 80.9 Å². The van der Waals surface area contributed by atoms with Crippen LogP contribution in [0.25, 0.3) is 10.2 Å². The van der Waals surface area contributed by atoms with Gasteiger partial charge in [-0.15, -0.1) is 11.3 Å². The van der Waals surface area contributed by atoms with E-state index in [1.807, 2.05) is 6.07 Å². The second-order valence-electron chi connectivity index (χ2n) is 7.31. The summed E-state index contributed by atoms with van der Waals surface area (Å²) in [5, 5.41) is 3.68. The van der Waals surface area contributed by atoms with Crippen LogP contribution < -0.4 is 11.1 Å². The van der Waals surface area contributed by atoms with Crippen LogP contribution in [0.1, 0.15) is 38.8 Å². The smallest absolute Gasteiger partial charge is 0.269 e. The summed E-state index contributed by atoms with van der Waals surface area (Å²) < 4.78 is 0. The molecule has 0 saturated carbocycles. The number of carbonyl (C=O) groups is 1. The van der Waals surface area contributed by atoms with Gasteiger partial charge in [-0.25, -0.2) is 9.97 Å². The van der Waals surface area contributed by atoms with Gasteiger partial charge in [-0.1, -0.05) is 36.4 Å². The van der Waals surface area contributed by atoms with E-state index < -0.39 is 0 Å². The predicted molar refractivity (Wildman–Crippen MR) is 117 cm³/mol. The number of nitrogens with one attached hydrogen (secondary N) is 1. The molecule has 1 atom stereocenters. The lowest BCUT2D eigenvalue weighted by atomic mass is 9.82. The fourth-order valence-corrected chi connectivity index (χ4v) is 4.97. The Labute approximate surface area is 172 Å². The van der Waals surface area contributed by atoms with E-state index in [1.54, 1.807) is 18.3 Å². The molecule has 144 valence electrons. The van der Waals surface area contributed by atoms with Crippen LogP contribution in [-0.2, 0) is 12.8 Å². The first-order valence-electron chi connectivity index (χ1n) is 9.67. The number of benzene rings is 1. The zero-order chi connectivity index (χ0) is 19.8. The summed E-state index contributed by atoms with van der Waals surface area (Å²) in [5.74, 6) is 0.756. The summed E-state index contributed by atoms with van der Waals surface area (Å²) in [4.78, 5) is 23.0. The maximum Gasteiger partial charge on any atom is 0.269 e. The molecule has 5 rings (SSSR count). The van der Waals surface area contributed by atoms with E-state index >= 15 is 0 Å². The van der Waals surface area contributed by atoms with Gasteiger partial charge in [0.25, 0.3) is 5.91 Å². The molecule has 1 amide bonds. The Morgan fingerprint density at radius 2 is 1.97 bits per heavy atom. The first-order valence-corrected chi connectivity index (χ1v) is 10.5. The van der Waals surface area contributed by atoms with Gasteiger partial charge in [0.1, 0.15) is 15.5 Å². The molecule has 0 bridgehead atoms. The van der Waals surface area contributed by atoms with E-state index in [-0.39, 0.29) is 5.91 Å². The number of rotatable bonds is 3. The molecule has 6 heteroatoms. The highest BCUT2D eigenvalue weighted by atomic mass is 32.1. The van der Waals surface area contributed by atoms with Crippen molar-refractivity contribution < 1.29 is 4.79 Å². The molecule has 1 unspecified atom stereocenters. The Hall–Kier alpha value is -3.25. The van der Waals surface area contributed by atoms with Gasteiger partial charge in [0.2, 0.25) is 0 Å². The van der Waals surface area contributed by atoms with Crippen LogP contribution >= 0.6 is 11.3 Å². The minimum absolute atomic E-state index is 0.246. The fourth-order valence-electron chi connectivity index (χ4n) is 3.98. The number of nitrogens with zero attached hydrogens (tertiary/aromatic N) is 2. The molecule has 0 saturated heterocycles. The van der Waals surface area contributed by atoms with Gasteiger partial charge in [0, 0.05) is 17.3 Å². The van der Waals surface area contributed by atoms with Crippen molar-refractivity contribution >= 4 is 39.0 Å². The monoisotopic (exact) mass is 400 g/mol. The predicted octanol–water partition coefficient (Wildman–Crippen LogP) is 4.80. The molecule has 1 aliphatic carbocycles. The molecule has 1 aromatic carbocycles. The normalized spacial score (nSPS) is 15.8. The van der Waals surface area contributed by atoms with E-state index in [0.717, 1.165) is 35.2 Å². The number of amides is 1. The Morgan fingerprint density at radius 1 is 1.14 bits per heavy atom. The summed E-state index contributed by atoms with van der Waals surface area (Å²) in [6.45, 7) is 0. The van der Waals surface area contributed by atoms with Crippen LogP contribution in [0.15, 0.2) is 60.8 Å². The standard InChI is InChI=1S/C23H20N4OS/c24-20-17-13-16-12-15(14-6-2-1-3-7-14)9-10-18(16)26-23(17)29-21(20)22(28)27-19-8-4-5-11-25-19/h1-8,11,13,15H,9-10,12,24H2,(H,25,27,28). The van der Waals surface area contributed by atoms with Crippen LogP contribution in [0, 0.1) is 0 Å². The maximum atomic E-state index is 12.7. The molecule has 3 N–H and O–H groups in total. The Kier molecular flexibility index (Phi) is 4.48. The molecule has 1 aliphatic rings. The SMILES string of the molecule is Nc1c(C(=O)Nc2ccccn2)sc2nc3c(cc12)CC(c1ccccc1)CC3. The highest BCUT2D eigenvalue weighted by molar-refractivity contribution is 7.21. The zero-order valence-corrected chi connectivity index (χ0v) is 16.6. The number of fused-ring (bicyclic) bond motifs is 2. The number of nitrogens with two attached hydrogens (primary N) is 1. The van der Waals surface area contributed by atoms with E-state index in [2.05, 4.69) is 46.7 Å². The lowest BCUT2D eigenvalue weighted by Crippen LogP contribution is -2.14. The van der Waals surface area contributed by atoms with Gasteiger partial charge < -0.3 is 11.1 Å². The van der Waals surface area contributed by atoms with E-state index in [1.165, 1.54) is 22.5 Å². The maximum absolute atomic E-state index is 12.7. The Bertz CT molecular complexity index is 1190. The average Bonchev–Trinajstić information content (AvgIpc) is 3.09. The summed E-state index contributed by atoms with van der Waals surface area (Å²) in [6, 6.07) is 18.1. The van der Waals surface area contributed by atoms with Crippen molar-refractivity contribution in [2.75, 3.05) is 11.1 Å². The average molecular weight is 401 g/mol. The highest BCUT2D eigenvalue weighted by Gasteiger charge is 2.24. The van der Waals surface area contributed by atoms with E-state index in [4.69, 9.17) is 10.7 Å². The molecule has 3 aromatic heterocycles. The summed E-state index contributed by atoms with van der Waals surface area (Å²) >= 11 is 1.35. The summed E-state index contributed by atoms with van der Waals surface area (Å²) in [5.41, 5.74) is 10.6. The lowest BCUT2D eigenvalue weighted by molar-refractivity contribution is 0.103. The molecule has 0 radical (unpaired) electrons. The molecular weight excluding hydrogens is 380 g/mol. The Balaban J connectivity index is 1.47. The van der Waals surface area contributed by atoms with Crippen LogP contribution in [0.5, 0.6) is 0 Å². The van der Waals surface area contributed by atoms with Gasteiger partial charge in [-0.3, -0.25) is 4.79 Å². The molecule has 3 heterocycles. The van der Waals surface area contributed by atoms with Crippen molar-refractivity contribution in [3.05, 3.63) is 82.5 Å². The van der Waals surface area contributed by atoms with Crippen molar-refractivity contribution in [2.24, 2.45) is 0 Å². The second kappa shape index (κ2) is 7.29.